The average Bonchev–Trinajstić information content (AvgIpc) is 2.62. The smallest absolute Gasteiger partial charge is 0.191 e. The van der Waals surface area contributed by atoms with Gasteiger partial charge in [-0.15, -0.1) is 24.0 Å². The van der Waals surface area contributed by atoms with Gasteiger partial charge in [-0.05, 0) is 39.5 Å². The van der Waals surface area contributed by atoms with Gasteiger partial charge in [0.2, 0.25) is 0 Å². The van der Waals surface area contributed by atoms with E-state index in [1.54, 1.807) is 11.8 Å². The first-order chi connectivity index (χ1) is 11.9. The molecular weight excluding hydrogens is 461 g/mol. The number of guanidine groups is 1. The molecule has 150 valence electrons. The van der Waals surface area contributed by atoms with E-state index < -0.39 is 6.10 Å². The maximum absolute atomic E-state index is 10.2. The summed E-state index contributed by atoms with van der Waals surface area (Å²) in [5.74, 6) is 0.722. The first kappa shape index (κ1) is 25.5. The Bertz CT molecular complexity index is 515. The average molecular weight is 495 g/mol. The minimum absolute atomic E-state index is 0. The molecule has 0 aromatic heterocycles. The van der Waals surface area contributed by atoms with Gasteiger partial charge in [-0.2, -0.15) is 11.8 Å². The van der Waals surface area contributed by atoms with Gasteiger partial charge in [-0.25, -0.2) is 0 Å². The molecule has 0 amide bonds. The molecular formula is C19H34IN3O2S. The van der Waals surface area contributed by atoms with E-state index in [1.807, 2.05) is 44.2 Å². The fourth-order valence-corrected chi connectivity index (χ4v) is 2.22. The van der Waals surface area contributed by atoms with Gasteiger partial charge in [0.1, 0.15) is 0 Å². The van der Waals surface area contributed by atoms with Gasteiger partial charge in [0.05, 0.1) is 25.4 Å². The lowest BCUT2D eigenvalue weighted by Crippen LogP contribution is -2.43. The predicted molar refractivity (Wildman–Crippen MR) is 124 cm³/mol. The molecule has 0 spiro atoms. The second-order valence-corrected chi connectivity index (χ2v) is 8.09. The largest absolute Gasteiger partial charge is 0.389 e. The number of hydrogen-bond donors (Lipinski definition) is 3. The number of thioether (sulfide) groups is 1. The van der Waals surface area contributed by atoms with Crippen LogP contribution in [-0.2, 0) is 4.74 Å². The van der Waals surface area contributed by atoms with Crippen LogP contribution >= 0.6 is 35.7 Å². The molecule has 0 fully saturated rings. The number of nitrogens with one attached hydrogen (secondary N) is 2. The highest BCUT2D eigenvalue weighted by molar-refractivity contribution is 14.0. The van der Waals surface area contributed by atoms with Crippen molar-refractivity contribution in [3.63, 3.8) is 0 Å². The van der Waals surface area contributed by atoms with Gasteiger partial charge >= 0.3 is 0 Å². The molecule has 0 heterocycles. The Morgan fingerprint density at radius 3 is 2.50 bits per heavy atom. The number of benzene rings is 1. The molecule has 0 radical (unpaired) electrons. The zero-order valence-corrected chi connectivity index (χ0v) is 19.6. The van der Waals surface area contributed by atoms with Gasteiger partial charge in [0, 0.05) is 17.8 Å². The van der Waals surface area contributed by atoms with Crippen molar-refractivity contribution < 1.29 is 9.84 Å². The number of aliphatic imine (C=N–C) groups is 1. The molecule has 1 aromatic rings. The molecule has 26 heavy (non-hydrogen) atoms. The van der Waals surface area contributed by atoms with E-state index in [0.29, 0.717) is 13.1 Å². The van der Waals surface area contributed by atoms with Crippen molar-refractivity contribution in [3.8, 4) is 0 Å². The minimum Gasteiger partial charge on any atom is -0.389 e. The number of nitrogens with zero attached hydrogens (tertiary/aromatic N) is 1. The molecule has 0 saturated carbocycles. The molecule has 0 aliphatic carbocycles. The molecule has 2 unspecified atom stereocenters. The van der Waals surface area contributed by atoms with E-state index in [4.69, 9.17) is 4.74 Å². The monoisotopic (exact) mass is 495 g/mol. The van der Waals surface area contributed by atoms with Crippen molar-refractivity contribution >= 4 is 41.7 Å². The molecule has 1 aromatic carbocycles. The minimum atomic E-state index is -0.594. The lowest BCUT2D eigenvalue weighted by molar-refractivity contribution is -0.000599. The third-order valence-electron chi connectivity index (χ3n) is 3.83. The van der Waals surface area contributed by atoms with Crippen LogP contribution in [0.5, 0.6) is 0 Å². The fourth-order valence-electron chi connectivity index (χ4n) is 2.02. The van der Waals surface area contributed by atoms with Gasteiger partial charge in [0.15, 0.2) is 5.96 Å². The predicted octanol–water partition coefficient (Wildman–Crippen LogP) is 3.44. The number of aliphatic hydroxyl groups excluding tert-OH is 1. The standard InChI is InChI=1S/C19H33N3O2S.HI/c1-6-20-18(22-14-19(3,4)25-5)21-12-17(23)13-24-15(2)16-10-8-7-9-11-16;/h7-11,15,17,23H,6,12-14H2,1-5H3,(H2,20,21,22);1H. The molecule has 5 nitrogen and oxygen atoms in total. The Kier molecular flexibility index (Phi) is 13.4. The molecule has 0 aliphatic heterocycles. The van der Waals surface area contributed by atoms with Crippen LogP contribution in [0.15, 0.2) is 35.3 Å². The summed E-state index contributed by atoms with van der Waals surface area (Å²) in [5.41, 5.74) is 1.11. The van der Waals surface area contributed by atoms with Crippen LogP contribution in [0.3, 0.4) is 0 Å². The SMILES string of the molecule is CCNC(=NCC(C)(C)SC)NCC(O)COC(C)c1ccccc1.I. The quantitative estimate of drug-likeness (QED) is 0.264. The van der Waals surface area contributed by atoms with Crippen molar-refractivity contribution in [1.29, 1.82) is 0 Å². The van der Waals surface area contributed by atoms with Crippen LogP contribution in [0.1, 0.15) is 39.4 Å². The van der Waals surface area contributed by atoms with Crippen LogP contribution in [0, 0.1) is 0 Å². The second kappa shape index (κ2) is 13.6. The lowest BCUT2D eigenvalue weighted by Gasteiger charge is -2.21. The molecule has 0 bridgehead atoms. The molecule has 3 N–H and O–H groups in total. The summed E-state index contributed by atoms with van der Waals surface area (Å²) >= 11 is 1.79. The zero-order valence-electron chi connectivity index (χ0n) is 16.5. The highest BCUT2D eigenvalue weighted by atomic mass is 127. The maximum Gasteiger partial charge on any atom is 0.191 e. The lowest BCUT2D eigenvalue weighted by atomic mass is 10.1. The summed E-state index contributed by atoms with van der Waals surface area (Å²) in [5, 5.41) is 16.5. The first-order valence-corrected chi connectivity index (χ1v) is 10.0. The number of halogens is 1. The van der Waals surface area contributed by atoms with Crippen molar-refractivity contribution in [2.45, 2.75) is 44.6 Å². The zero-order chi connectivity index (χ0) is 18.7. The second-order valence-electron chi connectivity index (χ2n) is 6.58. The van der Waals surface area contributed by atoms with Gasteiger partial charge in [-0.3, -0.25) is 4.99 Å². The molecule has 0 aliphatic rings. The van der Waals surface area contributed by atoms with E-state index in [2.05, 4.69) is 35.7 Å². The number of rotatable bonds is 10. The summed E-state index contributed by atoms with van der Waals surface area (Å²) in [6.07, 6.45) is 1.45. The molecule has 0 saturated heterocycles. The highest BCUT2D eigenvalue weighted by Crippen LogP contribution is 2.21. The van der Waals surface area contributed by atoms with Crippen LogP contribution in [-0.4, -0.2) is 54.4 Å². The third-order valence-corrected chi connectivity index (χ3v) is 5.06. The van der Waals surface area contributed by atoms with Crippen LogP contribution in [0.2, 0.25) is 0 Å². The van der Waals surface area contributed by atoms with Crippen molar-refractivity contribution in [2.24, 2.45) is 4.99 Å². The molecule has 7 heteroatoms. The Morgan fingerprint density at radius 2 is 1.92 bits per heavy atom. The van der Waals surface area contributed by atoms with Gasteiger partial charge in [-0.1, -0.05) is 30.3 Å². The van der Waals surface area contributed by atoms with E-state index in [9.17, 15) is 5.11 Å². The third kappa shape index (κ3) is 10.6. The van der Waals surface area contributed by atoms with Gasteiger partial charge in [0.25, 0.3) is 0 Å². The topological polar surface area (TPSA) is 65.9 Å². The van der Waals surface area contributed by atoms with Crippen molar-refractivity contribution in [1.82, 2.24) is 10.6 Å². The Hall–Kier alpha value is -0.510. The van der Waals surface area contributed by atoms with Crippen LogP contribution < -0.4 is 10.6 Å². The van der Waals surface area contributed by atoms with E-state index >= 15 is 0 Å². The maximum atomic E-state index is 10.2. The first-order valence-electron chi connectivity index (χ1n) is 8.80. The number of aliphatic hydroxyl groups is 1. The van der Waals surface area contributed by atoms with E-state index in [-0.39, 0.29) is 41.4 Å². The summed E-state index contributed by atoms with van der Waals surface area (Å²) in [6.45, 7) is 10.5. The Balaban J connectivity index is 0.00000625. The van der Waals surface area contributed by atoms with Crippen LogP contribution in [0.25, 0.3) is 0 Å². The van der Waals surface area contributed by atoms with Crippen LogP contribution in [0.4, 0.5) is 0 Å². The van der Waals surface area contributed by atoms with E-state index in [1.165, 1.54) is 0 Å². The Morgan fingerprint density at radius 1 is 1.27 bits per heavy atom. The fraction of sp³-hybridized carbons (Fsp3) is 0.632. The molecule has 2 atom stereocenters. The normalized spacial score (nSPS) is 14.3. The molecule has 1 rings (SSSR count). The Labute approximate surface area is 179 Å². The highest BCUT2D eigenvalue weighted by Gasteiger charge is 2.16. The number of hydrogen-bond acceptors (Lipinski definition) is 4. The van der Waals surface area contributed by atoms with Crippen molar-refractivity contribution in [2.75, 3.05) is 32.5 Å². The summed E-state index contributed by atoms with van der Waals surface area (Å²) < 4.78 is 5.85. The van der Waals surface area contributed by atoms with Gasteiger partial charge < -0.3 is 20.5 Å². The summed E-state index contributed by atoms with van der Waals surface area (Å²) in [4.78, 5) is 4.59. The van der Waals surface area contributed by atoms with E-state index in [0.717, 1.165) is 18.1 Å². The number of ether oxygens (including phenoxy) is 1. The van der Waals surface area contributed by atoms with Crippen molar-refractivity contribution in [3.05, 3.63) is 35.9 Å². The summed E-state index contributed by atoms with van der Waals surface area (Å²) in [6, 6.07) is 10.0. The summed E-state index contributed by atoms with van der Waals surface area (Å²) in [7, 11) is 0.